The van der Waals surface area contributed by atoms with Crippen LogP contribution in [0.1, 0.15) is 26.3 Å². The second kappa shape index (κ2) is 6.67. The number of thioether (sulfide) groups is 1. The molecule has 112 valence electrons. The van der Waals surface area contributed by atoms with Gasteiger partial charge in [0.15, 0.2) is 11.5 Å². The van der Waals surface area contributed by atoms with Gasteiger partial charge in [0, 0.05) is 0 Å². The Labute approximate surface area is 127 Å². The van der Waals surface area contributed by atoms with Gasteiger partial charge in [0.2, 0.25) is 0 Å². The number of carbonyl (C=O) groups is 2. The Bertz CT molecular complexity index is 595. The summed E-state index contributed by atoms with van der Waals surface area (Å²) in [5, 5.41) is 1.87. The summed E-state index contributed by atoms with van der Waals surface area (Å²) in [7, 11) is 0. The van der Waals surface area contributed by atoms with Crippen LogP contribution in [-0.2, 0) is 4.79 Å². The lowest BCUT2D eigenvalue weighted by Crippen LogP contribution is -2.17. The minimum atomic E-state index is -0.370. The molecule has 2 amide bonds. The zero-order valence-corrected chi connectivity index (χ0v) is 13.0. The fourth-order valence-corrected chi connectivity index (χ4v) is 2.49. The van der Waals surface area contributed by atoms with E-state index in [1.807, 2.05) is 26.8 Å². The number of amides is 2. The Morgan fingerprint density at radius 3 is 2.62 bits per heavy atom. The van der Waals surface area contributed by atoms with Crippen LogP contribution in [0.25, 0.3) is 6.08 Å². The minimum absolute atomic E-state index is 0.0437. The van der Waals surface area contributed by atoms with E-state index in [2.05, 4.69) is 5.32 Å². The molecule has 2 rings (SSSR count). The Balaban J connectivity index is 2.29. The number of nitrogens with one attached hydrogen (secondary N) is 1. The first kappa shape index (κ1) is 15.4. The average Bonchev–Trinajstić information content (AvgIpc) is 2.71. The number of imide groups is 1. The first-order valence-corrected chi connectivity index (χ1v) is 7.49. The van der Waals surface area contributed by atoms with Gasteiger partial charge in [-0.25, -0.2) is 0 Å². The number of hydrogen-bond donors (Lipinski definition) is 1. The molecule has 0 saturated carbocycles. The van der Waals surface area contributed by atoms with E-state index >= 15 is 0 Å². The van der Waals surface area contributed by atoms with Gasteiger partial charge in [-0.3, -0.25) is 14.9 Å². The SMILES string of the molecule is CCOc1cc(/C=C2\SC(=O)NC2=O)ccc1OC(C)C. The molecule has 0 spiro atoms. The molecule has 1 heterocycles. The van der Waals surface area contributed by atoms with Gasteiger partial charge in [-0.05, 0) is 56.3 Å². The molecule has 1 fully saturated rings. The molecule has 1 saturated heterocycles. The molecule has 1 aromatic rings. The van der Waals surface area contributed by atoms with Crippen molar-refractivity contribution >= 4 is 29.0 Å². The fourth-order valence-electron chi connectivity index (χ4n) is 1.81. The monoisotopic (exact) mass is 307 g/mol. The summed E-state index contributed by atoms with van der Waals surface area (Å²) in [6.45, 7) is 6.29. The topological polar surface area (TPSA) is 64.6 Å². The number of ether oxygens (including phenoxy) is 2. The molecule has 1 aliphatic heterocycles. The van der Waals surface area contributed by atoms with E-state index in [4.69, 9.17) is 9.47 Å². The maximum Gasteiger partial charge on any atom is 0.290 e. The van der Waals surface area contributed by atoms with Gasteiger partial charge in [-0.1, -0.05) is 6.07 Å². The summed E-state index contributed by atoms with van der Waals surface area (Å²) >= 11 is 0.892. The third kappa shape index (κ3) is 4.01. The largest absolute Gasteiger partial charge is 0.490 e. The van der Waals surface area contributed by atoms with Crippen molar-refractivity contribution in [3.8, 4) is 11.5 Å². The van der Waals surface area contributed by atoms with Crippen LogP contribution in [0.4, 0.5) is 4.79 Å². The van der Waals surface area contributed by atoms with Crippen molar-refractivity contribution in [3.05, 3.63) is 28.7 Å². The summed E-state index contributed by atoms with van der Waals surface area (Å²) in [6.07, 6.45) is 1.70. The van der Waals surface area contributed by atoms with Crippen molar-refractivity contribution < 1.29 is 19.1 Å². The van der Waals surface area contributed by atoms with Crippen LogP contribution in [0.15, 0.2) is 23.1 Å². The smallest absolute Gasteiger partial charge is 0.290 e. The standard InChI is InChI=1S/C15H17NO4S/c1-4-19-12-7-10(5-6-11(12)20-9(2)3)8-13-14(17)16-15(18)21-13/h5-9H,4H2,1-3H3,(H,16,17,18)/b13-8-. The second-order valence-corrected chi connectivity index (χ2v) is 5.67. The van der Waals surface area contributed by atoms with Gasteiger partial charge in [-0.15, -0.1) is 0 Å². The van der Waals surface area contributed by atoms with E-state index in [0.29, 0.717) is 23.0 Å². The molecule has 0 atom stereocenters. The predicted molar refractivity (Wildman–Crippen MR) is 82.5 cm³/mol. The Hall–Kier alpha value is -1.95. The van der Waals surface area contributed by atoms with E-state index in [9.17, 15) is 9.59 Å². The highest BCUT2D eigenvalue weighted by Crippen LogP contribution is 2.32. The van der Waals surface area contributed by atoms with Crippen LogP contribution >= 0.6 is 11.8 Å². The molecule has 0 radical (unpaired) electrons. The van der Waals surface area contributed by atoms with E-state index < -0.39 is 0 Å². The van der Waals surface area contributed by atoms with Crippen molar-refractivity contribution in [1.82, 2.24) is 5.32 Å². The lowest BCUT2D eigenvalue weighted by atomic mass is 10.2. The molecule has 6 heteroatoms. The number of hydrogen-bond acceptors (Lipinski definition) is 5. The van der Waals surface area contributed by atoms with Crippen molar-refractivity contribution in [2.45, 2.75) is 26.9 Å². The highest BCUT2D eigenvalue weighted by Gasteiger charge is 2.25. The zero-order chi connectivity index (χ0) is 15.4. The van der Waals surface area contributed by atoms with E-state index in [1.165, 1.54) is 0 Å². The lowest BCUT2D eigenvalue weighted by Gasteiger charge is -2.15. The van der Waals surface area contributed by atoms with Crippen LogP contribution in [0.3, 0.4) is 0 Å². The molecule has 1 N–H and O–H groups in total. The normalized spacial score (nSPS) is 16.5. The van der Waals surface area contributed by atoms with Crippen molar-refractivity contribution in [2.75, 3.05) is 6.61 Å². The molecule has 5 nitrogen and oxygen atoms in total. The molecule has 0 bridgehead atoms. The molecule has 0 aromatic heterocycles. The van der Waals surface area contributed by atoms with Crippen LogP contribution in [0.2, 0.25) is 0 Å². The first-order chi connectivity index (χ1) is 9.99. The number of carbonyl (C=O) groups excluding carboxylic acids is 2. The third-order valence-corrected chi connectivity index (χ3v) is 3.38. The summed E-state index contributed by atoms with van der Waals surface area (Å²) in [4.78, 5) is 23.1. The van der Waals surface area contributed by atoms with Crippen molar-refractivity contribution in [3.63, 3.8) is 0 Å². The molecular weight excluding hydrogens is 290 g/mol. The molecule has 0 aliphatic carbocycles. The fraction of sp³-hybridized carbons (Fsp3) is 0.333. The molecule has 1 aromatic carbocycles. The van der Waals surface area contributed by atoms with Gasteiger partial charge in [0.05, 0.1) is 17.6 Å². The average molecular weight is 307 g/mol. The zero-order valence-electron chi connectivity index (χ0n) is 12.1. The van der Waals surface area contributed by atoms with E-state index in [0.717, 1.165) is 17.3 Å². The molecule has 0 unspecified atom stereocenters. The van der Waals surface area contributed by atoms with Gasteiger partial charge < -0.3 is 9.47 Å². The van der Waals surface area contributed by atoms with E-state index in [-0.39, 0.29) is 17.3 Å². The van der Waals surface area contributed by atoms with Crippen molar-refractivity contribution in [1.29, 1.82) is 0 Å². The molecule has 1 aliphatic rings. The Kier molecular flexibility index (Phi) is 4.90. The quantitative estimate of drug-likeness (QED) is 0.846. The maximum atomic E-state index is 11.5. The maximum absolute atomic E-state index is 11.5. The van der Waals surface area contributed by atoms with Gasteiger partial charge >= 0.3 is 0 Å². The lowest BCUT2D eigenvalue weighted by molar-refractivity contribution is -0.115. The van der Waals surface area contributed by atoms with Crippen LogP contribution in [-0.4, -0.2) is 23.9 Å². The Morgan fingerprint density at radius 1 is 1.29 bits per heavy atom. The molecule has 21 heavy (non-hydrogen) atoms. The van der Waals surface area contributed by atoms with Crippen LogP contribution in [0.5, 0.6) is 11.5 Å². The summed E-state index contributed by atoms with van der Waals surface area (Å²) < 4.78 is 11.2. The van der Waals surface area contributed by atoms with Crippen LogP contribution in [0, 0.1) is 0 Å². The number of rotatable bonds is 5. The Morgan fingerprint density at radius 2 is 2.05 bits per heavy atom. The number of benzene rings is 1. The van der Waals surface area contributed by atoms with Crippen molar-refractivity contribution in [2.24, 2.45) is 0 Å². The summed E-state index contributed by atoms with van der Waals surface area (Å²) in [5.74, 6) is 0.911. The van der Waals surface area contributed by atoms with Gasteiger partial charge in [0.1, 0.15) is 0 Å². The first-order valence-electron chi connectivity index (χ1n) is 6.68. The third-order valence-electron chi connectivity index (χ3n) is 2.57. The predicted octanol–water partition coefficient (Wildman–Crippen LogP) is 3.20. The van der Waals surface area contributed by atoms with E-state index in [1.54, 1.807) is 18.2 Å². The summed E-state index contributed by atoms with van der Waals surface area (Å²) in [5.41, 5.74) is 0.780. The minimum Gasteiger partial charge on any atom is -0.490 e. The highest BCUT2D eigenvalue weighted by molar-refractivity contribution is 8.18. The van der Waals surface area contributed by atoms with Gasteiger partial charge in [0.25, 0.3) is 11.1 Å². The molecular formula is C15H17NO4S. The highest BCUT2D eigenvalue weighted by atomic mass is 32.2. The van der Waals surface area contributed by atoms with Crippen LogP contribution < -0.4 is 14.8 Å². The second-order valence-electron chi connectivity index (χ2n) is 4.66. The summed E-state index contributed by atoms with van der Waals surface area (Å²) in [6, 6.07) is 5.42. The van der Waals surface area contributed by atoms with Gasteiger partial charge in [-0.2, -0.15) is 0 Å².